The Morgan fingerprint density at radius 3 is 1.13 bits per heavy atom. The second-order valence-corrected chi connectivity index (χ2v) is 22.0. The molecule has 9 heteroatoms. The van der Waals surface area contributed by atoms with Crippen molar-refractivity contribution < 1.29 is 42.9 Å². The SMILES string of the molecule is CC/C=C\C/C=C\C/C=C\C/C=C\CCCCCCCCCCCCCCCCCCC(=O)OC(COC(=O)CCCCCCCCCCC/C=C\C/C=C\CCCCCCC)COC(OCC[N+](C)(C)C)C(=O)[O-]. The highest BCUT2D eigenvalue weighted by Crippen LogP contribution is 2.17. The van der Waals surface area contributed by atoms with Gasteiger partial charge in [0.15, 0.2) is 12.4 Å². The predicted octanol–water partition coefficient (Wildman–Crippen LogP) is 17.2. The summed E-state index contributed by atoms with van der Waals surface area (Å²) in [5.41, 5.74) is 0. The van der Waals surface area contributed by atoms with Gasteiger partial charge in [0.1, 0.15) is 13.2 Å². The van der Waals surface area contributed by atoms with Crippen LogP contribution in [0.2, 0.25) is 0 Å². The smallest absolute Gasteiger partial charge is 0.306 e. The van der Waals surface area contributed by atoms with Crippen LogP contribution >= 0.6 is 0 Å². The maximum absolute atomic E-state index is 12.9. The number of likely N-dealkylation sites (N-methyl/N-ethyl adjacent to an activating group) is 1. The fraction of sp³-hybridized carbons (Fsp3) is 0.773. The molecule has 0 fully saturated rings. The van der Waals surface area contributed by atoms with Crippen molar-refractivity contribution in [2.24, 2.45) is 0 Å². The van der Waals surface area contributed by atoms with Gasteiger partial charge in [-0.25, -0.2) is 0 Å². The van der Waals surface area contributed by atoms with Crippen LogP contribution < -0.4 is 5.11 Å². The predicted molar refractivity (Wildman–Crippen MR) is 315 cm³/mol. The Morgan fingerprint density at radius 2 is 0.760 bits per heavy atom. The number of rotatable bonds is 57. The molecule has 0 spiro atoms. The Labute approximate surface area is 462 Å². The Balaban J connectivity index is 4.18. The Hall–Kier alpha value is -3.27. The van der Waals surface area contributed by atoms with Gasteiger partial charge in [-0.2, -0.15) is 0 Å². The van der Waals surface area contributed by atoms with E-state index in [1.165, 1.54) is 173 Å². The zero-order valence-corrected chi connectivity index (χ0v) is 49.4. The molecule has 75 heavy (non-hydrogen) atoms. The van der Waals surface area contributed by atoms with Crippen molar-refractivity contribution in [3.8, 4) is 0 Å². The Bertz CT molecular complexity index is 1460. The molecule has 0 aliphatic rings. The fourth-order valence-electron chi connectivity index (χ4n) is 8.68. The number of allylic oxidation sites excluding steroid dienone is 12. The average Bonchev–Trinajstić information content (AvgIpc) is 3.38. The van der Waals surface area contributed by atoms with Crippen LogP contribution in [0.5, 0.6) is 0 Å². The van der Waals surface area contributed by atoms with Gasteiger partial charge in [0.05, 0.1) is 40.3 Å². The van der Waals surface area contributed by atoms with Gasteiger partial charge in [-0.15, -0.1) is 0 Å². The van der Waals surface area contributed by atoms with E-state index in [0.717, 1.165) is 64.2 Å². The number of nitrogens with zero attached hydrogens (tertiary/aromatic N) is 1. The third kappa shape index (κ3) is 58.3. The number of hydrogen-bond donors (Lipinski definition) is 0. The molecule has 434 valence electrons. The molecule has 0 saturated carbocycles. The molecular formula is C66H117NO8. The number of hydrogen-bond acceptors (Lipinski definition) is 8. The number of aliphatic carboxylic acids is 1. The maximum Gasteiger partial charge on any atom is 0.306 e. The van der Waals surface area contributed by atoms with Gasteiger partial charge in [-0.05, 0) is 83.5 Å². The first-order valence-corrected chi connectivity index (χ1v) is 31.1. The molecule has 0 aromatic rings. The van der Waals surface area contributed by atoms with Crippen LogP contribution in [0.15, 0.2) is 72.9 Å². The van der Waals surface area contributed by atoms with Gasteiger partial charge in [0, 0.05) is 12.8 Å². The third-order valence-corrected chi connectivity index (χ3v) is 13.4. The molecular weight excluding hydrogens is 935 g/mol. The van der Waals surface area contributed by atoms with E-state index in [2.05, 4.69) is 86.8 Å². The largest absolute Gasteiger partial charge is 0.545 e. The molecule has 9 nitrogen and oxygen atoms in total. The summed E-state index contributed by atoms with van der Waals surface area (Å²) in [6, 6.07) is 0. The molecule has 0 heterocycles. The quantitative estimate of drug-likeness (QED) is 0.0195. The first-order chi connectivity index (χ1) is 36.6. The summed E-state index contributed by atoms with van der Waals surface area (Å²) < 4.78 is 22.7. The number of carbonyl (C=O) groups is 3. The highest BCUT2D eigenvalue weighted by molar-refractivity contribution is 5.70. The lowest BCUT2D eigenvalue weighted by Crippen LogP contribution is -2.44. The van der Waals surface area contributed by atoms with E-state index in [-0.39, 0.29) is 38.6 Å². The second-order valence-electron chi connectivity index (χ2n) is 22.0. The van der Waals surface area contributed by atoms with Crippen LogP contribution in [0.1, 0.15) is 271 Å². The molecule has 2 unspecified atom stereocenters. The maximum atomic E-state index is 12.9. The van der Waals surface area contributed by atoms with Crippen molar-refractivity contribution in [2.75, 3.05) is 47.5 Å². The van der Waals surface area contributed by atoms with Crippen molar-refractivity contribution >= 4 is 17.9 Å². The Morgan fingerprint density at radius 1 is 0.413 bits per heavy atom. The summed E-state index contributed by atoms with van der Waals surface area (Å²) in [5.74, 6) is -2.28. The number of esters is 2. The Kier molecular flexibility index (Phi) is 54.4. The van der Waals surface area contributed by atoms with Crippen molar-refractivity contribution in [1.29, 1.82) is 0 Å². The van der Waals surface area contributed by atoms with Gasteiger partial charge in [0.2, 0.25) is 0 Å². The van der Waals surface area contributed by atoms with Crippen molar-refractivity contribution in [3.63, 3.8) is 0 Å². The number of unbranched alkanes of at least 4 members (excludes halogenated alkanes) is 30. The normalized spacial score (nSPS) is 13.2. The summed E-state index contributed by atoms with van der Waals surface area (Å²) in [7, 11) is 5.93. The van der Waals surface area contributed by atoms with E-state index in [1.54, 1.807) is 0 Å². The van der Waals surface area contributed by atoms with E-state index >= 15 is 0 Å². The summed E-state index contributed by atoms with van der Waals surface area (Å²) in [5, 5.41) is 11.8. The van der Waals surface area contributed by atoms with Gasteiger partial charge in [0.25, 0.3) is 0 Å². The minimum Gasteiger partial charge on any atom is -0.545 e. The molecule has 0 aromatic carbocycles. The van der Waals surface area contributed by atoms with Crippen LogP contribution in [0.25, 0.3) is 0 Å². The van der Waals surface area contributed by atoms with Crippen LogP contribution in [0, 0.1) is 0 Å². The summed E-state index contributed by atoms with van der Waals surface area (Å²) in [6.45, 7) is 4.65. The highest BCUT2D eigenvalue weighted by Gasteiger charge is 2.22. The second kappa shape index (κ2) is 56.9. The summed E-state index contributed by atoms with van der Waals surface area (Å²) >= 11 is 0. The lowest BCUT2D eigenvalue weighted by Gasteiger charge is -2.26. The van der Waals surface area contributed by atoms with Crippen molar-refractivity contribution in [1.82, 2.24) is 0 Å². The van der Waals surface area contributed by atoms with E-state index in [0.29, 0.717) is 17.4 Å². The molecule has 0 aliphatic heterocycles. The number of carbonyl (C=O) groups excluding carboxylic acids is 3. The molecule has 2 atom stereocenters. The van der Waals surface area contributed by atoms with Gasteiger partial charge in [-0.1, -0.05) is 247 Å². The highest BCUT2D eigenvalue weighted by atomic mass is 16.7. The van der Waals surface area contributed by atoms with Crippen LogP contribution in [-0.4, -0.2) is 82.3 Å². The fourth-order valence-corrected chi connectivity index (χ4v) is 8.68. The van der Waals surface area contributed by atoms with Gasteiger partial charge < -0.3 is 33.3 Å². The molecule has 0 radical (unpaired) electrons. The first kappa shape index (κ1) is 71.7. The molecule has 0 N–H and O–H groups in total. The van der Waals surface area contributed by atoms with Gasteiger partial charge >= 0.3 is 11.9 Å². The van der Waals surface area contributed by atoms with E-state index < -0.39 is 24.3 Å². The molecule has 0 aromatic heterocycles. The lowest BCUT2D eigenvalue weighted by molar-refractivity contribution is -0.870. The zero-order valence-electron chi connectivity index (χ0n) is 49.4. The van der Waals surface area contributed by atoms with Crippen LogP contribution in [0.3, 0.4) is 0 Å². The lowest BCUT2D eigenvalue weighted by atomic mass is 10.0. The topological polar surface area (TPSA) is 111 Å². The van der Waals surface area contributed by atoms with E-state index in [4.69, 9.17) is 18.9 Å². The average molecular weight is 1050 g/mol. The molecule has 0 rings (SSSR count). The zero-order chi connectivity index (χ0) is 54.8. The molecule has 0 amide bonds. The monoisotopic (exact) mass is 1050 g/mol. The molecule has 0 aliphatic carbocycles. The molecule has 0 bridgehead atoms. The first-order valence-electron chi connectivity index (χ1n) is 31.1. The third-order valence-electron chi connectivity index (χ3n) is 13.4. The van der Waals surface area contributed by atoms with E-state index in [9.17, 15) is 19.5 Å². The van der Waals surface area contributed by atoms with E-state index in [1.807, 2.05) is 21.1 Å². The van der Waals surface area contributed by atoms with Crippen LogP contribution in [0.4, 0.5) is 0 Å². The molecule has 0 saturated heterocycles. The number of carboxylic acids is 1. The number of carboxylic acid groups (broad SMARTS) is 1. The van der Waals surface area contributed by atoms with Crippen molar-refractivity contribution in [2.45, 2.75) is 283 Å². The number of ether oxygens (including phenoxy) is 4. The number of quaternary nitrogens is 1. The van der Waals surface area contributed by atoms with Gasteiger partial charge in [-0.3, -0.25) is 9.59 Å². The minimum absolute atomic E-state index is 0.146. The minimum atomic E-state index is -1.62. The summed E-state index contributed by atoms with van der Waals surface area (Å²) in [6.07, 6.45) is 71.0. The summed E-state index contributed by atoms with van der Waals surface area (Å²) in [4.78, 5) is 37.4. The standard InChI is InChI=1S/C66H117NO8/c1-6-8-10-12-14-16-18-20-22-24-26-28-29-30-31-32-33-34-35-37-39-41-43-45-47-49-51-53-55-57-64(69)75-62(61-74-66(65(70)71)72-59-58-67(3,4)5)60-73-63(68)56-54-52-50-48-46-44-42-40-38-36-27-25-23-21-19-17-15-13-11-9-7-2/h8,10,14,16,19-22,25-28,62,66H,6-7,9,11-13,15,17-18,23-24,29-61H2,1-5H3/b10-8-,16-14-,21-19-,22-20-,27-25-,28-26-. The van der Waals surface area contributed by atoms with Crippen LogP contribution in [-0.2, 0) is 33.3 Å². The van der Waals surface area contributed by atoms with Crippen molar-refractivity contribution in [3.05, 3.63) is 72.9 Å².